The summed E-state index contributed by atoms with van der Waals surface area (Å²) in [7, 11) is 0. The summed E-state index contributed by atoms with van der Waals surface area (Å²) >= 11 is 0. The third-order valence-corrected chi connectivity index (χ3v) is 4.16. The lowest BCUT2D eigenvalue weighted by molar-refractivity contribution is 0.0177. The van der Waals surface area contributed by atoms with E-state index in [1.165, 1.54) is 25.7 Å². The number of carbonyl (C=O) groups excluding carboxylic acids is 1. The zero-order valence-electron chi connectivity index (χ0n) is 16.6. The first-order chi connectivity index (χ1) is 12.4. The molecule has 0 aliphatic rings. The lowest BCUT2D eigenvalue weighted by Crippen LogP contribution is -2.38. The van der Waals surface area contributed by atoms with Crippen LogP contribution in [0.1, 0.15) is 66.2 Å². The van der Waals surface area contributed by atoms with Gasteiger partial charge in [0, 0.05) is 6.54 Å². The van der Waals surface area contributed by atoms with Crippen LogP contribution >= 0.6 is 0 Å². The maximum atomic E-state index is 12.6. The molecule has 0 aliphatic heterocycles. The molecule has 6 nitrogen and oxygen atoms in total. The van der Waals surface area contributed by atoms with E-state index in [0.29, 0.717) is 13.2 Å². The van der Waals surface area contributed by atoms with Gasteiger partial charge in [-0.3, -0.25) is 4.90 Å². The van der Waals surface area contributed by atoms with Gasteiger partial charge in [-0.25, -0.2) is 9.48 Å². The quantitative estimate of drug-likeness (QED) is 0.591. The first-order valence-electron chi connectivity index (χ1n) is 9.67. The molecular weight excluding hydrogens is 328 g/mol. The van der Waals surface area contributed by atoms with Crippen molar-refractivity contribution in [1.29, 1.82) is 0 Å². The summed E-state index contributed by atoms with van der Waals surface area (Å²) in [5.41, 5.74) is 1.24. The molecule has 1 aromatic carbocycles. The molecule has 0 unspecified atom stereocenters. The number of rotatable bonds is 9. The summed E-state index contributed by atoms with van der Waals surface area (Å²) in [5.74, 6) is 0. The molecule has 2 aromatic rings. The van der Waals surface area contributed by atoms with Gasteiger partial charge >= 0.3 is 6.09 Å². The lowest BCUT2D eigenvalue weighted by Gasteiger charge is -2.27. The van der Waals surface area contributed by atoms with E-state index in [1.54, 1.807) is 9.58 Å². The van der Waals surface area contributed by atoms with Crippen molar-refractivity contribution in [3.63, 3.8) is 0 Å². The van der Waals surface area contributed by atoms with E-state index in [4.69, 9.17) is 4.74 Å². The fourth-order valence-corrected chi connectivity index (χ4v) is 2.81. The molecule has 2 rings (SSSR count). The van der Waals surface area contributed by atoms with Gasteiger partial charge in [0.15, 0.2) is 0 Å². The minimum Gasteiger partial charge on any atom is -0.444 e. The Balaban J connectivity index is 2.01. The largest absolute Gasteiger partial charge is 0.444 e. The maximum Gasteiger partial charge on any atom is 0.411 e. The first kappa shape index (κ1) is 20.2. The Morgan fingerprint density at radius 1 is 1.12 bits per heavy atom. The summed E-state index contributed by atoms with van der Waals surface area (Å²) < 4.78 is 7.34. The highest BCUT2D eigenvalue weighted by atomic mass is 16.6. The van der Waals surface area contributed by atoms with Crippen LogP contribution in [0.5, 0.6) is 0 Å². The molecule has 26 heavy (non-hydrogen) atoms. The predicted octanol–water partition coefficient (Wildman–Crippen LogP) is 4.99. The molecular formula is C20H32N4O2. The van der Waals surface area contributed by atoms with Gasteiger partial charge in [0.1, 0.15) is 17.8 Å². The Morgan fingerprint density at radius 3 is 2.54 bits per heavy atom. The second kappa shape index (κ2) is 9.55. The average Bonchev–Trinajstić information content (AvgIpc) is 2.98. The smallest absolute Gasteiger partial charge is 0.411 e. The van der Waals surface area contributed by atoms with Crippen LogP contribution in [0.15, 0.2) is 24.3 Å². The molecule has 0 N–H and O–H groups in total. The van der Waals surface area contributed by atoms with Crippen LogP contribution in [0.25, 0.3) is 11.0 Å². The van der Waals surface area contributed by atoms with E-state index in [2.05, 4.69) is 17.2 Å². The predicted molar refractivity (Wildman–Crippen MR) is 104 cm³/mol. The molecule has 0 spiro atoms. The van der Waals surface area contributed by atoms with E-state index in [9.17, 15) is 4.79 Å². The van der Waals surface area contributed by atoms with Crippen LogP contribution in [0.3, 0.4) is 0 Å². The van der Waals surface area contributed by atoms with E-state index in [-0.39, 0.29) is 6.09 Å². The minimum absolute atomic E-state index is 0.300. The van der Waals surface area contributed by atoms with E-state index in [0.717, 1.165) is 23.9 Å². The second-order valence-electron chi connectivity index (χ2n) is 7.73. The fraction of sp³-hybridized carbons (Fsp3) is 0.650. The summed E-state index contributed by atoms with van der Waals surface area (Å²) in [6.45, 7) is 8.89. The Bertz CT molecular complexity index is 690. The molecule has 1 amide bonds. The van der Waals surface area contributed by atoms with E-state index >= 15 is 0 Å². The van der Waals surface area contributed by atoms with Crippen LogP contribution < -0.4 is 0 Å². The van der Waals surface area contributed by atoms with Gasteiger partial charge in [0.2, 0.25) is 0 Å². The molecule has 0 saturated heterocycles. The van der Waals surface area contributed by atoms with E-state index in [1.807, 2.05) is 45.0 Å². The van der Waals surface area contributed by atoms with Gasteiger partial charge in [-0.15, -0.1) is 5.10 Å². The highest BCUT2D eigenvalue weighted by Crippen LogP contribution is 2.15. The topological polar surface area (TPSA) is 60.2 Å². The van der Waals surface area contributed by atoms with Crippen molar-refractivity contribution in [3.8, 4) is 0 Å². The molecule has 0 radical (unpaired) electrons. The number of hydrogen-bond acceptors (Lipinski definition) is 4. The average molecular weight is 361 g/mol. The number of unbranched alkanes of at least 4 members (excludes halogenated alkanes) is 5. The standard InChI is InChI=1S/C20H32N4O2/c1-5-6-7-8-9-12-15-23(19(25)26-20(2,3)4)16-24-18-14-11-10-13-17(18)21-22-24/h10-11,13-14H,5-9,12,15-16H2,1-4H3. The Labute approximate surface area is 156 Å². The van der Waals surface area contributed by atoms with Crippen LogP contribution in [0.4, 0.5) is 4.79 Å². The summed E-state index contributed by atoms with van der Waals surface area (Å²) in [6.07, 6.45) is 6.78. The molecule has 0 fully saturated rings. The molecule has 0 bridgehead atoms. The highest BCUT2D eigenvalue weighted by Gasteiger charge is 2.23. The third-order valence-electron chi connectivity index (χ3n) is 4.16. The molecule has 0 aliphatic carbocycles. The Hall–Kier alpha value is -2.11. The van der Waals surface area contributed by atoms with Crippen molar-refractivity contribution < 1.29 is 9.53 Å². The molecule has 0 saturated carbocycles. The van der Waals surface area contributed by atoms with Gasteiger partial charge in [-0.2, -0.15) is 0 Å². The number of fused-ring (bicyclic) bond motifs is 1. The van der Waals surface area contributed by atoms with Gasteiger partial charge in [-0.1, -0.05) is 56.4 Å². The lowest BCUT2D eigenvalue weighted by atomic mass is 10.1. The number of aromatic nitrogens is 3. The van der Waals surface area contributed by atoms with Crippen molar-refractivity contribution in [2.75, 3.05) is 6.54 Å². The highest BCUT2D eigenvalue weighted by molar-refractivity contribution is 5.74. The monoisotopic (exact) mass is 360 g/mol. The van der Waals surface area contributed by atoms with Gasteiger partial charge in [-0.05, 0) is 39.3 Å². The van der Waals surface area contributed by atoms with Crippen LogP contribution in [0.2, 0.25) is 0 Å². The zero-order valence-corrected chi connectivity index (χ0v) is 16.6. The first-order valence-corrected chi connectivity index (χ1v) is 9.67. The normalized spacial score (nSPS) is 11.7. The van der Waals surface area contributed by atoms with Crippen molar-refractivity contribution in [2.45, 2.75) is 78.5 Å². The number of hydrogen-bond donors (Lipinski definition) is 0. The van der Waals surface area contributed by atoms with Gasteiger partial charge < -0.3 is 4.74 Å². The van der Waals surface area contributed by atoms with Crippen molar-refractivity contribution in [3.05, 3.63) is 24.3 Å². The second-order valence-corrected chi connectivity index (χ2v) is 7.73. The van der Waals surface area contributed by atoms with Crippen LogP contribution in [-0.4, -0.2) is 38.1 Å². The fourth-order valence-electron chi connectivity index (χ4n) is 2.81. The number of nitrogens with zero attached hydrogens (tertiary/aromatic N) is 4. The number of benzene rings is 1. The SMILES string of the molecule is CCCCCCCCN(Cn1nnc2ccccc21)C(=O)OC(C)(C)C. The van der Waals surface area contributed by atoms with Gasteiger partial charge in [0.25, 0.3) is 0 Å². The maximum absolute atomic E-state index is 12.6. The van der Waals surface area contributed by atoms with Crippen LogP contribution in [0, 0.1) is 0 Å². The molecule has 6 heteroatoms. The summed E-state index contributed by atoms with van der Waals surface area (Å²) in [5, 5.41) is 8.37. The third kappa shape index (κ3) is 6.32. The van der Waals surface area contributed by atoms with Gasteiger partial charge in [0.05, 0.1) is 5.52 Å². The molecule has 1 heterocycles. The van der Waals surface area contributed by atoms with Crippen molar-refractivity contribution in [1.82, 2.24) is 19.9 Å². The molecule has 1 aromatic heterocycles. The minimum atomic E-state index is -0.513. The number of carbonyl (C=O) groups is 1. The Morgan fingerprint density at radius 2 is 1.81 bits per heavy atom. The molecule has 144 valence electrons. The number of amides is 1. The number of para-hydroxylation sites is 1. The zero-order chi connectivity index (χ0) is 19.0. The number of ether oxygens (including phenoxy) is 1. The van der Waals surface area contributed by atoms with Crippen LogP contribution in [-0.2, 0) is 11.4 Å². The van der Waals surface area contributed by atoms with Crippen molar-refractivity contribution >= 4 is 17.1 Å². The summed E-state index contributed by atoms with van der Waals surface area (Å²) in [4.78, 5) is 14.4. The Kier molecular flexibility index (Phi) is 7.42. The molecule has 0 atom stereocenters. The van der Waals surface area contributed by atoms with Crippen molar-refractivity contribution in [2.24, 2.45) is 0 Å². The van der Waals surface area contributed by atoms with E-state index < -0.39 is 5.60 Å². The summed E-state index contributed by atoms with van der Waals surface area (Å²) in [6, 6.07) is 7.77.